The highest BCUT2D eigenvalue weighted by atomic mass is 16.3. The fourth-order valence-corrected chi connectivity index (χ4v) is 17.5. The van der Waals surface area contributed by atoms with Gasteiger partial charge < -0.3 is 27.8 Å². The summed E-state index contributed by atoms with van der Waals surface area (Å²) in [6.45, 7) is 15.4. The maximum atomic E-state index is 11.2. The first-order chi connectivity index (χ1) is 51.7. The Morgan fingerprint density at radius 2 is 0.790 bits per heavy atom. The molecular formula is C96H61BN6O2. The average Bonchev–Trinajstić information content (AvgIpc) is 1.65. The van der Waals surface area contributed by atoms with Gasteiger partial charge >= 0.3 is 0 Å². The van der Waals surface area contributed by atoms with Gasteiger partial charge in [0.2, 0.25) is 5.69 Å². The van der Waals surface area contributed by atoms with Crippen LogP contribution in [0.5, 0.6) is 0 Å². The Bertz CT molecular complexity index is 6580. The number of nitrogens with zero attached hydrogens (tertiary/aromatic N) is 6. The molecule has 4 aromatic heterocycles. The third-order valence-corrected chi connectivity index (χ3v) is 22.1. The van der Waals surface area contributed by atoms with Crippen LogP contribution in [-0.2, 0) is 5.41 Å². The zero-order valence-electron chi connectivity index (χ0n) is 57.6. The minimum absolute atomic E-state index is 0.403. The highest BCUT2D eigenvalue weighted by molar-refractivity contribution is 7.00. The molecule has 6 heterocycles. The normalized spacial score (nSPS) is 12.6. The number of para-hydroxylation sites is 6. The molecule has 490 valence electrons. The first-order valence-corrected chi connectivity index (χ1v) is 35.8. The Labute approximate surface area is 605 Å². The van der Waals surface area contributed by atoms with Gasteiger partial charge in [-0.2, -0.15) is 5.26 Å². The summed E-state index contributed by atoms with van der Waals surface area (Å²) < 4.78 is 19.4. The van der Waals surface area contributed by atoms with Crippen LogP contribution in [0.2, 0.25) is 0 Å². The van der Waals surface area contributed by atoms with Gasteiger partial charge in [-0.25, -0.2) is 4.85 Å². The monoisotopic (exact) mass is 1340 g/mol. The van der Waals surface area contributed by atoms with Crippen molar-refractivity contribution in [2.45, 2.75) is 26.2 Å². The maximum Gasteiger partial charge on any atom is 0.252 e. The molecule has 8 nitrogen and oxygen atoms in total. The summed E-state index contributed by atoms with van der Waals surface area (Å²) >= 11 is 0. The molecule has 0 N–H and O–H groups in total. The van der Waals surface area contributed by atoms with Gasteiger partial charge in [-0.1, -0.05) is 257 Å². The molecule has 0 amide bonds. The summed E-state index contributed by atoms with van der Waals surface area (Å²) in [7, 11) is 0. The number of furan rings is 2. The van der Waals surface area contributed by atoms with E-state index >= 15 is 0 Å². The zero-order valence-corrected chi connectivity index (χ0v) is 57.6. The van der Waals surface area contributed by atoms with E-state index < -0.39 is 12.1 Å². The number of benzene rings is 15. The predicted octanol–water partition coefficient (Wildman–Crippen LogP) is 24.2. The van der Waals surface area contributed by atoms with Crippen molar-refractivity contribution in [3.8, 4) is 62.0 Å². The number of hydrogen-bond donors (Lipinski definition) is 0. The molecule has 2 aliphatic rings. The molecule has 21 rings (SSSR count). The second-order valence-corrected chi connectivity index (χ2v) is 28.8. The lowest BCUT2D eigenvalue weighted by molar-refractivity contribution is 0.590. The van der Waals surface area contributed by atoms with Gasteiger partial charge in [0.05, 0.1) is 45.6 Å². The summed E-state index contributed by atoms with van der Waals surface area (Å²) in [6, 6.07) is 116. The van der Waals surface area contributed by atoms with Gasteiger partial charge in [-0.05, 0) is 134 Å². The SMILES string of the molecule is [C-]#[N+]c1cccc2c3ccccc3n(-c3ccc4c(c3)N(c3c(-c5ccccc5)cc5c(oc6ccccc65)c3-c3ccccc3)c3cc(C(C)(C)C)cc5c3B4c3ccc(-n4c6ccccc6c6cccc(C#N)c64)cc3N5c3c(-c4ccccc4)cc4c(oc5ccccc54)c3-c3ccccc3)c12. The lowest BCUT2D eigenvalue weighted by Crippen LogP contribution is -2.61. The molecule has 0 aliphatic carbocycles. The number of anilines is 6. The molecule has 0 radical (unpaired) electrons. The molecule has 0 bridgehead atoms. The summed E-state index contributed by atoms with van der Waals surface area (Å²) in [4.78, 5) is 9.45. The van der Waals surface area contributed by atoms with Crippen molar-refractivity contribution >= 4 is 150 Å². The molecule has 0 saturated heterocycles. The van der Waals surface area contributed by atoms with Crippen molar-refractivity contribution in [3.05, 3.63) is 338 Å². The third kappa shape index (κ3) is 8.80. The quantitative estimate of drug-likeness (QED) is 0.112. The van der Waals surface area contributed by atoms with Gasteiger partial charge in [0, 0.05) is 94.1 Å². The Morgan fingerprint density at radius 3 is 1.26 bits per heavy atom. The Morgan fingerprint density at radius 1 is 0.381 bits per heavy atom. The van der Waals surface area contributed by atoms with Crippen LogP contribution in [-0.4, -0.2) is 15.8 Å². The minimum Gasteiger partial charge on any atom is -0.455 e. The predicted molar refractivity (Wildman–Crippen MR) is 435 cm³/mol. The lowest BCUT2D eigenvalue weighted by Gasteiger charge is -2.46. The number of rotatable bonds is 8. The zero-order chi connectivity index (χ0) is 69.9. The number of hydrogen-bond acceptors (Lipinski definition) is 5. The molecule has 0 atom stereocenters. The molecule has 15 aromatic carbocycles. The number of aromatic nitrogens is 2. The molecule has 0 spiro atoms. The van der Waals surface area contributed by atoms with Gasteiger partial charge in [0.15, 0.2) is 0 Å². The maximum absolute atomic E-state index is 11.2. The molecular weight excluding hydrogens is 1280 g/mol. The summed E-state index contributed by atoms with van der Waals surface area (Å²) in [5.41, 5.74) is 27.7. The molecule has 0 unspecified atom stereocenters. The van der Waals surface area contributed by atoms with Crippen molar-refractivity contribution in [2.75, 3.05) is 9.80 Å². The van der Waals surface area contributed by atoms with Crippen molar-refractivity contribution in [1.82, 2.24) is 9.13 Å². The van der Waals surface area contributed by atoms with E-state index in [1.54, 1.807) is 0 Å². The third-order valence-electron chi connectivity index (χ3n) is 22.1. The van der Waals surface area contributed by atoms with Gasteiger partial charge in [-0.3, -0.25) is 0 Å². The largest absolute Gasteiger partial charge is 0.455 e. The van der Waals surface area contributed by atoms with E-state index in [2.05, 4.69) is 342 Å². The van der Waals surface area contributed by atoms with Gasteiger partial charge in [0.25, 0.3) is 6.71 Å². The molecule has 2 aliphatic heterocycles. The van der Waals surface area contributed by atoms with Crippen LogP contribution in [0.15, 0.2) is 324 Å². The topological polar surface area (TPSA) is 70.8 Å². The van der Waals surface area contributed by atoms with E-state index in [-0.39, 0.29) is 0 Å². The van der Waals surface area contributed by atoms with Crippen LogP contribution in [0.4, 0.5) is 39.8 Å². The highest BCUT2D eigenvalue weighted by Crippen LogP contribution is 2.58. The average molecular weight is 1340 g/mol. The van der Waals surface area contributed by atoms with Crippen LogP contribution in [0.3, 0.4) is 0 Å². The Hall–Kier alpha value is -13.9. The van der Waals surface area contributed by atoms with Crippen molar-refractivity contribution < 1.29 is 8.83 Å². The highest BCUT2D eigenvalue weighted by Gasteiger charge is 2.47. The summed E-state index contributed by atoms with van der Waals surface area (Å²) in [5, 5.41) is 19.4. The summed E-state index contributed by atoms with van der Waals surface area (Å²) in [5.74, 6) is 0. The van der Waals surface area contributed by atoms with E-state index in [1.165, 1.54) is 0 Å². The molecule has 0 saturated carbocycles. The second kappa shape index (κ2) is 22.8. The van der Waals surface area contributed by atoms with E-state index in [4.69, 9.17) is 15.4 Å². The van der Waals surface area contributed by atoms with Crippen molar-refractivity contribution in [1.29, 1.82) is 5.26 Å². The second-order valence-electron chi connectivity index (χ2n) is 28.8. The van der Waals surface area contributed by atoms with E-state index in [0.29, 0.717) is 11.3 Å². The van der Waals surface area contributed by atoms with Crippen molar-refractivity contribution in [2.24, 2.45) is 0 Å². The van der Waals surface area contributed by atoms with Gasteiger partial charge in [-0.15, -0.1) is 0 Å². The molecule has 0 fully saturated rings. The van der Waals surface area contributed by atoms with E-state index in [0.717, 1.165) is 199 Å². The minimum atomic E-state index is -0.446. The van der Waals surface area contributed by atoms with Crippen LogP contribution in [0.1, 0.15) is 31.9 Å². The van der Waals surface area contributed by atoms with Gasteiger partial charge in [0.1, 0.15) is 28.4 Å². The summed E-state index contributed by atoms with van der Waals surface area (Å²) in [6.07, 6.45) is 0. The number of nitriles is 1. The smallest absolute Gasteiger partial charge is 0.252 e. The fourth-order valence-electron chi connectivity index (χ4n) is 17.5. The van der Waals surface area contributed by atoms with Crippen LogP contribution in [0.25, 0.3) is 148 Å². The standard InChI is InChI=1S/C96H61BN6O2/c1-96(2,3)63-51-83-89-84(52-63)103(93-73(59-29-11-6-12-30-59)56-75-69-39-20-24-46-86(69)105-95(75)88(93)61-33-15-8-16-34-61)82-54-65(101-80-44-22-18-37-67(80)71-41-26-42-78(99-4)91(71)101)48-50-77(82)97(89)76-49-47-64(100-79-43-21-17-36-66(79)70-40-25-35-62(57-98)90(70)100)53-81(76)102(83)92-72(58-27-9-5-10-28-58)55-74-68-38-19-23-45-85(68)104-94(74)87(92)60-31-13-7-14-32-60/h5-56H,1-3H3. The first kappa shape index (κ1) is 60.0. The van der Waals surface area contributed by atoms with E-state index in [9.17, 15) is 5.26 Å². The van der Waals surface area contributed by atoms with Crippen LogP contribution >= 0.6 is 0 Å². The number of fused-ring (bicyclic) bond motifs is 16. The molecule has 19 aromatic rings. The fraction of sp³-hybridized carbons (Fsp3) is 0.0417. The van der Waals surface area contributed by atoms with E-state index in [1.807, 2.05) is 24.3 Å². The first-order valence-electron chi connectivity index (χ1n) is 35.8. The van der Waals surface area contributed by atoms with Crippen molar-refractivity contribution in [3.63, 3.8) is 0 Å². The lowest BCUT2D eigenvalue weighted by atomic mass is 9.33. The molecule has 105 heavy (non-hydrogen) atoms. The Kier molecular flexibility index (Phi) is 13.0. The Balaban J connectivity index is 0.977. The van der Waals surface area contributed by atoms with Crippen LogP contribution < -0.4 is 26.2 Å². The van der Waals surface area contributed by atoms with Crippen LogP contribution in [0, 0.1) is 17.9 Å². The molecule has 9 heteroatoms.